The van der Waals surface area contributed by atoms with Gasteiger partial charge in [-0.1, -0.05) is 11.6 Å². The number of pyridine rings is 1. The van der Waals surface area contributed by atoms with Gasteiger partial charge >= 0.3 is 0 Å². The van der Waals surface area contributed by atoms with Crippen LogP contribution in [0.25, 0.3) is 0 Å². The van der Waals surface area contributed by atoms with Crippen molar-refractivity contribution in [2.75, 3.05) is 0 Å². The summed E-state index contributed by atoms with van der Waals surface area (Å²) in [6, 6.07) is 0. The van der Waals surface area contributed by atoms with Gasteiger partial charge in [0.15, 0.2) is 0 Å². The first kappa shape index (κ1) is 9.91. The minimum Gasteiger partial charge on any atom is -0.327 e. The van der Waals surface area contributed by atoms with Crippen LogP contribution < -0.4 is 5.56 Å². The zero-order chi connectivity index (χ0) is 9.30. The van der Waals surface area contributed by atoms with E-state index in [1.807, 2.05) is 0 Å². The van der Waals surface area contributed by atoms with Crippen LogP contribution in [-0.2, 0) is 0 Å². The lowest BCUT2D eigenvalue weighted by Gasteiger charge is -2.03. The Bertz CT molecular complexity index is 352. The first-order valence-corrected chi connectivity index (χ1v) is 4.34. The van der Waals surface area contributed by atoms with Gasteiger partial charge in [0.05, 0.1) is 5.56 Å². The molecular formula is C6H3ClF2INO. The molecule has 0 spiro atoms. The molecule has 0 bridgehead atoms. The second-order valence-corrected chi connectivity index (χ2v) is 3.53. The van der Waals surface area contributed by atoms with E-state index in [0.29, 0.717) is 0 Å². The average molecular weight is 305 g/mol. The van der Waals surface area contributed by atoms with Crippen molar-refractivity contribution in [2.24, 2.45) is 0 Å². The molecule has 1 aromatic heterocycles. The standard InChI is InChI=1S/C6H3ClF2INO/c7-4-3(5(8)9)2(10)1-11-6(4)12/h1,5H,(H,11,12). The Morgan fingerprint density at radius 3 is 2.58 bits per heavy atom. The minimum absolute atomic E-state index is 0.257. The molecular weight excluding hydrogens is 302 g/mol. The molecule has 0 amide bonds. The zero-order valence-electron chi connectivity index (χ0n) is 5.57. The highest BCUT2D eigenvalue weighted by atomic mass is 127. The van der Waals surface area contributed by atoms with Crippen LogP contribution in [0.3, 0.4) is 0 Å². The molecule has 0 atom stereocenters. The fraction of sp³-hybridized carbons (Fsp3) is 0.167. The second kappa shape index (κ2) is 3.69. The predicted octanol–water partition coefficient (Wildman–Crippen LogP) is 2.57. The van der Waals surface area contributed by atoms with Crippen molar-refractivity contribution in [3.8, 4) is 0 Å². The van der Waals surface area contributed by atoms with Gasteiger partial charge in [-0.05, 0) is 22.6 Å². The van der Waals surface area contributed by atoms with E-state index in [9.17, 15) is 13.6 Å². The quantitative estimate of drug-likeness (QED) is 0.795. The average Bonchev–Trinajstić information content (AvgIpc) is 1.97. The summed E-state index contributed by atoms with van der Waals surface area (Å²) in [5, 5.41) is -0.433. The summed E-state index contributed by atoms with van der Waals surface area (Å²) in [7, 11) is 0. The molecule has 2 nitrogen and oxygen atoms in total. The van der Waals surface area contributed by atoms with E-state index >= 15 is 0 Å². The largest absolute Gasteiger partial charge is 0.327 e. The van der Waals surface area contributed by atoms with Crippen LogP contribution in [-0.4, -0.2) is 4.98 Å². The number of halogens is 4. The van der Waals surface area contributed by atoms with Gasteiger partial charge in [0.2, 0.25) is 0 Å². The summed E-state index contributed by atoms with van der Waals surface area (Å²) < 4.78 is 24.7. The normalized spacial score (nSPS) is 10.8. The first-order chi connectivity index (χ1) is 5.54. The summed E-state index contributed by atoms with van der Waals surface area (Å²) in [6.07, 6.45) is -1.51. The molecule has 1 heterocycles. The van der Waals surface area contributed by atoms with Crippen molar-refractivity contribution < 1.29 is 8.78 Å². The Morgan fingerprint density at radius 2 is 2.17 bits per heavy atom. The third kappa shape index (κ3) is 1.77. The highest BCUT2D eigenvalue weighted by molar-refractivity contribution is 14.1. The number of hydrogen-bond acceptors (Lipinski definition) is 1. The molecule has 6 heteroatoms. The summed E-state index contributed by atoms with van der Waals surface area (Å²) in [4.78, 5) is 13.0. The summed E-state index contributed by atoms with van der Waals surface area (Å²) in [5.41, 5.74) is -1.09. The number of nitrogens with one attached hydrogen (secondary N) is 1. The van der Waals surface area contributed by atoms with E-state index in [4.69, 9.17) is 11.6 Å². The first-order valence-electron chi connectivity index (χ1n) is 2.88. The molecule has 0 aliphatic carbocycles. The number of hydrogen-bond donors (Lipinski definition) is 1. The SMILES string of the molecule is O=c1[nH]cc(I)c(C(F)F)c1Cl. The Hall–Kier alpha value is -0.170. The molecule has 0 radical (unpaired) electrons. The molecule has 0 fully saturated rings. The third-order valence-electron chi connectivity index (χ3n) is 1.24. The van der Waals surface area contributed by atoms with Gasteiger partial charge < -0.3 is 4.98 Å². The number of rotatable bonds is 1. The van der Waals surface area contributed by atoms with Crippen molar-refractivity contribution in [1.29, 1.82) is 0 Å². The van der Waals surface area contributed by atoms with Crippen LogP contribution in [0.15, 0.2) is 11.0 Å². The lowest BCUT2D eigenvalue weighted by Crippen LogP contribution is -2.10. The Balaban J connectivity index is 3.43. The van der Waals surface area contributed by atoms with Crippen molar-refractivity contribution in [2.45, 2.75) is 6.43 Å². The van der Waals surface area contributed by atoms with Crippen molar-refractivity contribution >= 4 is 34.2 Å². The van der Waals surface area contributed by atoms with Gasteiger partial charge in [-0.2, -0.15) is 0 Å². The summed E-state index contributed by atoms with van der Waals surface area (Å²) >= 11 is 7.05. The molecule has 1 aromatic rings. The van der Waals surface area contributed by atoms with E-state index in [1.54, 1.807) is 22.6 Å². The third-order valence-corrected chi connectivity index (χ3v) is 2.51. The number of H-pyrrole nitrogens is 1. The maximum absolute atomic E-state index is 12.2. The van der Waals surface area contributed by atoms with E-state index < -0.39 is 22.6 Å². The fourth-order valence-electron chi connectivity index (χ4n) is 0.697. The van der Waals surface area contributed by atoms with Gasteiger partial charge in [0.1, 0.15) is 5.02 Å². The van der Waals surface area contributed by atoms with Crippen LogP contribution >= 0.6 is 34.2 Å². The lowest BCUT2D eigenvalue weighted by molar-refractivity contribution is 0.150. The Morgan fingerprint density at radius 1 is 1.58 bits per heavy atom. The van der Waals surface area contributed by atoms with Crippen molar-refractivity contribution in [1.82, 2.24) is 4.98 Å². The smallest absolute Gasteiger partial charge is 0.267 e. The Labute approximate surface area is 85.1 Å². The highest BCUT2D eigenvalue weighted by Crippen LogP contribution is 2.27. The topological polar surface area (TPSA) is 32.9 Å². The molecule has 0 saturated heterocycles. The second-order valence-electron chi connectivity index (χ2n) is 1.99. The molecule has 0 aromatic carbocycles. The minimum atomic E-state index is -2.72. The van der Waals surface area contributed by atoms with Crippen LogP contribution in [0.5, 0.6) is 0 Å². The maximum Gasteiger partial charge on any atom is 0.267 e. The van der Waals surface area contributed by atoms with E-state index in [1.165, 1.54) is 6.20 Å². The monoisotopic (exact) mass is 305 g/mol. The van der Waals surface area contributed by atoms with Gasteiger partial charge in [-0.25, -0.2) is 8.78 Å². The zero-order valence-corrected chi connectivity index (χ0v) is 8.49. The van der Waals surface area contributed by atoms with E-state index in [-0.39, 0.29) is 3.57 Å². The van der Waals surface area contributed by atoms with Gasteiger partial charge in [-0.15, -0.1) is 0 Å². The highest BCUT2D eigenvalue weighted by Gasteiger charge is 2.17. The van der Waals surface area contributed by atoms with Gasteiger partial charge in [0, 0.05) is 9.77 Å². The van der Waals surface area contributed by atoms with Crippen molar-refractivity contribution in [3.63, 3.8) is 0 Å². The van der Waals surface area contributed by atoms with E-state index in [0.717, 1.165) is 0 Å². The summed E-state index contributed by atoms with van der Waals surface area (Å²) in [5.74, 6) is 0. The van der Waals surface area contributed by atoms with Crippen LogP contribution in [0.4, 0.5) is 8.78 Å². The number of aromatic amines is 1. The number of aromatic nitrogens is 1. The maximum atomic E-state index is 12.2. The summed E-state index contributed by atoms with van der Waals surface area (Å²) in [6.45, 7) is 0. The van der Waals surface area contributed by atoms with Crippen LogP contribution in [0.2, 0.25) is 5.02 Å². The predicted molar refractivity (Wildman–Crippen MR) is 49.7 cm³/mol. The van der Waals surface area contributed by atoms with Gasteiger partial charge in [0.25, 0.3) is 12.0 Å². The van der Waals surface area contributed by atoms with Crippen LogP contribution in [0, 0.1) is 3.57 Å². The molecule has 1 rings (SSSR count). The lowest BCUT2D eigenvalue weighted by atomic mass is 10.3. The van der Waals surface area contributed by atoms with Gasteiger partial charge in [-0.3, -0.25) is 4.79 Å². The molecule has 0 aliphatic heterocycles. The Kier molecular flexibility index (Phi) is 3.05. The van der Waals surface area contributed by atoms with E-state index in [2.05, 4.69) is 4.98 Å². The van der Waals surface area contributed by atoms with Crippen molar-refractivity contribution in [3.05, 3.63) is 30.7 Å². The molecule has 0 unspecified atom stereocenters. The molecule has 0 aliphatic rings. The molecule has 12 heavy (non-hydrogen) atoms. The fourth-order valence-corrected chi connectivity index (χ4v) is 1.76. The number of alkyl halides is 2. The molecule has 0 saturated carbocycles. The molecule has 1 N–H and O–H groups in total. The molecule has 66 valence electrons. The van der Waals surface area contributed by atoms with Crippen LogP contribution in [0.1, 0.15) is 12.0 Å².